The van der Waals surface area contributed by atoms with Crippen LogP contribution in [0.3, 0.4) is 0 Å². The Labute approximate surface area is 187 Å². The first-order valence-corrected chi connectivity index (χ1v) is 9.47. The number of methoxy groups -OCH3 is 1. The van der Waals surface area contributed by atoms with Crippen LogP contribution >= 0.6 is 0 Å². The molecule has 0 saturated heterocycles. The lowest BCUT2D eigenvalue weighted by Gasteiger charge is -2.10. The number of hydrogen-bond donors (Lipinski definition) is 1. The Balaban J connectivity index is 1.74. The number of hydrogen-bond acceptors (Lipinski definition) is 9. The number of carbonyl (C=O) groups excluding carboxylic acids is 1. The average Bonchev–Trinajstić information content (AvgIpc) is 2.80. The molecule has 3 rings (SSSR count). The first-order chi connectivity index (χ1) is 15.8. The molecule has 3 aromatic rings. The highest BCUT2D eigenvalue weighted by Gasteiger charge is 2.19. The van der Waals surface area contributed by atoms with Crippen LogP contribution in [0.25, 0.3) is 0 Å². The first-order valence-electron chi connectivity index (χ1n) is 9.47. The molecule has 3 aromatic carbocycles. The van der Waals surface area contributed by atoms with Crippen LogP contribution in [0.4, 0.5) is 17.1 Å². The van der Waals surface area contributed by atoms with E-state index in [0.29, 0.717) is 11.1 Å². The van der Waals surface area contributed by atoms with Crippen molar-refractivity contribution < 1.29 is 24.1 Å². The van der Waals surface area contributed by atoms with E-state index in [1.165, 1.54) is 25.5 Å². The van der Waals surface area contributed by atoms with E-state index in [2.05, 4.69) is 10.5 Å². The van der Waals surface area contributed by atoms with E-state index in [-0.39, 0.29) is 17.2 Å². The van der Waals surface area contributed by atoms with Crippen molar-refractivity contribution in [2.24, 2.45) is 5.10 Å². The molecule has 168 valence electrons. The number of ether oxygens (including phenoxy) is 2. The number of rotatable bonds is 8. The summed E-state index contributed by atoms with van der Waals surface area (Å²) in [6.45, 7) is 1.91. The lowest BCUT2D eigenvalue weighted by atomic mass is 10.1. The van der Waals surface area contributed by atoms with Crippen LogP contribution in [0.2, 0.25) is 0 Å². The fourth-order valence-electron chi connectivity index (χ4n) is 2.75. The molecule has 0 radical (unpaired) electrons. The largest absolute Gasteiger partial charge is 0.493 e. The quantitative estimate of drug-likeness (QED) is 0.174. The van der Waals surface area contributed by atoms with Gasteiger partial charge >= 0.3 is 11.7 Å². The fraction of sp³-hybridized carbons (Fsp3) is 0.0909. The van der Waals surface area contributed by atoms with Crippen LogP contribution in [-0.4, -0.2) is 29.1 Å². The molecule has 11 nitrogen and oxygen atoms in total. The SMILES string of the molecule is COc1cc(/C=N\Nc2ccc([N+](=O)[O-])cc2[N+](=O)[O-])ccc1OC(=O)c1ccc(C)cc1. The molecule has 0 atom stereocenters. The Morgan fingerprint density at radius 1 is 0.970 bits per heavy atom. The highest BCUT2D eigenvalue weighted by molar-refractivity contribution is 5.91. The predicted molar refractivity (Wildman–Crippen MR) is 120 cm³/mol. The molecule has 0 fully saturated rings. The van der Waals surface area contributed by atoms with Crippen molar-refractivity contribution in [3.8, 4) is 11.5 Å². The van der Waals surface area contributed by atoms with Gasteiger partial charge in [0.2, 0.25) is 0 Å². The Bertz CT molecular complexity index is 1240. The third kappa shape index (κ3) is 5.67. The van der Waals surface area contributed by atoms with E-state index in [0.717, 1.165) is 17.7 Å². The fourth-order valence-corrected chi connectivity index (χ4v) is 2.75. The molecule has 0 amide bonds. The Morgan fingerprint density at radius 3 is 2.33 bits per heavy atom. The summed E-state index contributed by atoms with van der Waals surface area (Å²) in [5, 5.41) is 26.0. The number of non-ortho nitro benzene ring substituents is 1. The number of anilines is 1. The average molecular weight is 450 g/mol. The van der Waals surface area contributed by atoms with E-state index in [1.807, 2.05) is 6.92 Å². The van der Waals surface area contributed by atoms with Gasteiger partial charge in [-0.2, -0.15) is 5.10 Å². The van der Waals surface area contributed by atoms with Crippen molar-refractivity contribution in [2.75, 3.05) is 12.5 Å². The molecule has 0 saturated carbocycles. The molecule has 0 aliphatic heterocycles. The molecule has 11 heteroatoms. The molecule has 0 aliphatic carbocycles. The van der Waals surface area contributed by atoms with Crippen LogP contribution in [0.1, 0.15) is 21.5 Å². The minimum Gasteiger partial charge on any atom is -0.493 e. The molecule has 0 aliphatic rings. The van der Waals surface area contributed by atoms with Crippen molar-refractivity contribution in [2.45, 2.75) is 6.92 Å². The van der Waals surface area contributed by atoms with Crippen LogP contribution < -0.4 is 14.9 Å². The lowest BCUT2D eigenvalue weighted by molar-refractivity contribution is -0.393. The number of esters is 1. The highest BCUT2D eigenvalue weighted by Crippen LogP contribution is 2.30. The summed E-state index contributed by atoms with van der Waals surface area (Å²) >= 11 is 0. The summed E-state index contributed by atoms with van der Waals surface area (Å²) in [4.78, 5) is 32.9. The van der Waals surface area contributed by atoms with Gasteiger partial charge in [0, 0.05) is 6.07 Å². The van der Waals surface area contributed by atoms with Gasteiger partial charge in [0.15, 0.2) is 11.5 Å². The minimum absolute atomic E-state index is 0.0162. The number of nitrogens with one attached hydrogen (secondary N) is 1. The molecular formula is C22H18N4O7. The summed E-state index contributed by atoms with van der Waals surface area (Å²) in [5.41, 5.74) is 3.53. The highest BCUT2D eigenvalue weighted by atomic mass is 16.6. The van der Waals surface area contributed by atoms with E-state index in [1.54, 1.807) is 36.4 Å². The standard InChI is InChI=1S/C22H18N4O7/c1-14-3-6-16(7-4-14)22(27)33-20-10-5-15(11-21(20)32-2)13-23-24-18-9-8-17(25(28)29)12-19(18)26(30)31/h3-13,24H,1-2H3/b23-13-. The van der Waals surface area contributed by atoms with Crippen molar-refractivity contribution in [3.05, 3.63) is 97.6 Å². The topological polar surface area (TPSA) is 146 Å². The van der Waals surface area contributed by atoms with Gasteiger partial charge in [-0.3, -0.25) is 25.7 Å². The Morgan fingerprint density at radius 2 is 1.70 bits per heavy atom. The summed E-state index contributed by atoms with van der Waals surface area (Å²) < 4.78 is 10.7. The van der Waals surface area contributed by atoms with Gasteiger partial charge in [-0.25, -0.2) is 4.79 Å². The zero-order chi connectivity index (χ0) is 24.0. The summed E-state index contributed by atoms with van der Waals surface area (Å²) in [5.74, 6) is -0.0539. The lowest BCUT2D eigenvalue weighted by Crippen LogP contribution is -2.09. The molecule has 0 heterocycles. The molecule has 0 unspecified atom stereocenters. The molecule has 0 aromatic heterocycles. The van der Waals surface area contributed by atoms with Crippen molar-refractivity contribution in [3.63, 3.8) is 0 Å². The number of nitrogens with zero attached hydrogens (tertiary/aromatic N) is 3. The molecule has 0 bridgehead atoms. The molecule has 1 N–H and O–H groups in total. The number of nitro benzene ring substituents is 2. The summed E-state index contributed by atoms with van der Waals surface area (Å²) in [6.07, 6.45) is 1.36. The number of hydrazone groups is 1. The first kappa shape index (κ1) is 22.9. The van der Waals surface area contributed by atoms with E-state index < -0.39 is 27.2 Å². The Kier molecular flexibility index (Phi) is 6.94. The van der Waals surface area contributed by atoms with Crippen molar-refractivity contribution in [1.29, 1.82) is 0 Å². The maximum Gasteiger partial charge on any atom is 0.343 e. The van der Waals surface area contributed by atoms with E-state index in [4.69, 9.17) is 9.47 Å². The van der Waals surface area contributed by atoms with E-state index in [9.17, 15) is 25.0 Å². The van der Waals surface area contributed by atoms with Crippen molar-refractivity contribution >= 4 is 29.2 Å². The number of aryl methyl sites for hydroxylation is 1. The van der Waals surface area contributed by atoms with Crippen molar-refractivity contribution in [1.82, 2.24) is 0 Å². The number of carbonyl (C=O) groups is 1. The number of nitro groups is 2. The van der Waals surface area contributed by atoms with Crippen LogP contribution in [0, 0.1) is 27.2 Å². The minimum atomic E-state index is -0.745. The van der Waals surface area contributed by atoms with Crippen LogP contribution in [-0.2, 0) is 0 Å². The third-order valence-electron chi connectivity index (χ3n) is 4.47. The maximum absolute atomic E-state index is 12.3. The van der Waals surface area contributed by atoms with Gasteiger partial charge in [0.05, 0.1) is 34.8 Å². The zero-order valence-electron chi connectivity index (χ0n) is 17.6. The number of benzene rings is 3. The third-order valence-corrected chi connectivity index (χ3v) is 4.47. The Hall–Kier alpha value is -4.80. The maximum atomic E-state index is 12.3. The van der Waals surface area contributed by atoms with Crippen LogP contribution in [0.5, 0.6) is 11.5 Å². The summed E-state index contributed by atoms with van der Waals surface area (Å²) in [7, 11) is 1.41. The van der Waals surface area contributed by atoms with Gasteiger partial charge in [0.1, 0.15) is 5.69 Å². The van der Waals surface area contributed by atoms with Gasteiger partial charge in [-0.05, 0) is 48.9 Å². The monoisotopic (exact) mass is 450 g/mol. The van der Waals surface area contributed by atoms with Gasteiger partial charge in [0.25, 0.3) is 5.69 Å². The normalized spacial score (nSPS) is 10.6. The zero-order valence-corrected chi connectivity index (χ0v) is 17.6. The van der Waals surface area contributed by atoms with E-state index >= 15 is 0 Å². The van der Waals surface area contributed by atoms with Gasteiger partial charge in [-0.15, -0.1) is 0 Å². The second-order valence-electron chi connectivity index (χ2n) is 6.75. The predicted octanol–water partition coefficient (Wildman–Crippen LogP) is 4.49. The van der Waals surface area contributed by atoms with Gasteiger partial charge < -0.3 is 9.47 Å². The second-order valence-corrected chi connectivity index (χ2v) is 6.75. The molecule has 0 spiro atoms. The van der Waals surface area contributed by atoms with Crippen LogP contribution in [0.15, 0.2) is 65.8 Å². The smallest absolute Gasteiger partial charge is 0.343 e. The van der Waals surface area contributed by atoms with Gasteiger partial charge in [-0.1, -0.05) is 17.7 Å². The summed E-state index contributed by atoms with van der Waals surface area (Å²) in [6, 6.07) is 14.8. The molecule has 33 heavy (non-hydrogen) atoms. The second kappa shape index (κ2) is 10.0. The molecular weight excluding hydrogens is 432 g/mol.